The lowest BCUT2D eigenvalue weighted by atomic mass is 9.95. The van der Waals surface area contributed by atoms with Gasteiger partial charge in [0, 0.05) is 38.6 Å². The number of aromatic nitrogens is 1. The van der Waals surface area contributed by atoms with E-state index in [2.05, 4.69) is 240 Å². The van der Waals surface area contributed by atoms with Crippen molar-refractivity contribution in [1.29, 1.82) is 0 Å². The van der Waals surface area contributed by atoms with Gasteiger partial charge >= 0.3 is 0 Å². The van der Waals surface area contributed by atoms with Gasteiger partial charge in [-0.25, -0.2) is 0 Å². The van der Waals surface area contributed by atoms with Crippen LogP contribution in [0.15, 0.2) is 231 Å². The smallest absolute Gasteiger partial charge is 0.0625 e. The van der Waals surface area contributed by atoms with Crippen molar-refractivity contribution in [1.82, 2.24) is 4.57 Å². The molecule has 0 aliphatic rings. The third kappa shape index (κ3) is 5.42. The molecule has 0 aliphatic heterocycles. The molecule has 0 fully saturated rings. The highest BCUT2D eigenvalue weighted by molar-refractivity contribution is 6.32. The summed E-state index contributed by atoms with van der Waals surface area (Å²) in [5, 5.41) is 12.6. The Balaban J connectivity index is 1.04. The van der Waals surface area contributed by atoms with E-state index in [-0.39, 0.29) is 0 Å². The molecule has 0 spiro atoms. The molecule has 60 heavy (non-hydrogen) atoms. The Morgan fingerprint density at radius 2 is 0.767 bits per heavy atom. The first-order valence-electron chi connectivity index (χ1n) is 20.7. The maximum absolute atomic E-state index is 2.46. The highest BCUT2D eigenvalue weighted by Gasteiger charge is 2.21. The Hall–Kier alpha value is -7.94. The highest BCUT2D eigenvalue weighted by Crippen LogP contribution is 2.45. The van der Waals surface area contributed by atoms with E-state index in [9.17, 15) is 0 Å². The van der Waals surface area contributed by atoms with Gasteiger partial charge in [0.15, 0.2) is 0 Å². The lowest BCUT2D eigenvalue weighted by Crippen LogP contribution is -2.10. The first kappa shape index (κ1) is 34.1. The van der Waals surface area contributed by atoms with Gasteiger partial charge in [0.05, 0.1) is 16.7 Å². The zero-order chi connectivity index (χ0) is 39.6. The average Bonchev–Trinajstić information content (AvgIpc) is 3.68. The Morgan fingerprint density at radius 1 is 0.300 bits per heavy atom. The number of para-hydroxylation sites is 1. The Kier molecular flexibility index (Phi) is 7.89. The summed E-state index contributed by atoms with van der Waals surface area (Å²) in [5.41, 5.74) is 11.7. The summed E-state index contributed by atoms with van der Waals surface area (Å²) in [6.45, 7) is 0. The molecule has 12 aromatic rings. The van der Waals surface area contributed by atoms with Crippen molar-refractivity contribution in [2.24, 2.45) is 0 Å². The number of hydrogen-bond acceptors (Lipinski definition) is 1. The lowest BCUT2D eigenvalue weighted by Gasteiger charge is -2.28. The molecule has 1 heterocycles. The first-order valence-corrected chi connectivity index (χ1v) is 20.7. The fraction of sp³-hybridized carbons (Fsp3) is 0. The second kappa shape index (κ2) is 13.9. The number of fused-ring (bicyclic) bond motifs is 11. The van der Waals surface area contributed by atoms with Crippen LogP contribution in [0.1, 0.15) is 0 Å². The fourth-order valence-electron chi connectivity index (χ4n) is 9.59. The molecule has 0 aliphatic carbocycles. The van der Waals surface area contributed by atoms with Crippen molar-refractivity contribution in [2.75, 3.05) is 4.90 Å². The topological polar surface area (TPSA) is 8.17 Å². The van der Waals surface area contributed by atoms with Crippen LogP contribution < -0.4 is 4.90 Å². The van der Waals surface area contributed by atoms with E-state index in [1.165, 1.54) is 87.1 Å². The normalized spacial score (nSPS) is 11.7. The van der Waals surface area contributed by atoms with Crippen molar-refractivity contribution < 1.29 is 0 Å². The van der Waals surface area contributed by atoms with E-state index >= 15 is 0 Å². The molecule has 0 radical (unpaired) electrons. The molecule has 12 rings (SSSR count). The Labute approximate surface area is 348 Å². The third-order valence-electron chi connectivity index (χ3n) is 12.3. The summed E-state index contributed by atoms with van der Waals surface area (Å²) in [6, 6.07) is 84.2. The lowest BCUT2D eigenvalue weighted by molar-refractivity contribution is 1.19. The number of rotatable bonds is 6. The van der Waals surface area contributed by atoms with Crippen LogP contribution in [0.5, 0.6) is 0 Å². The molecule has 0 unspecified atom stereocenters. The van der Waals surface area contributed by atoms with Gasteiger partial charge < -0.3 is 9.47 Å². The Bertz CT molecular complexity index is 3570. The van der Waals surface area contributed by atoms with Gasteiger partial charge in [0.2, 0.25) is 0 Å². The summed E-state index contributed by atoms with van der Waals surface area (Å²) >= 11 is 0. The second-order valence-corrected chi connectivity index (χ2v) is 15.7. The molecule has 0 N–H and O–H groups in total. The van der Waals surface area contributed by atoms with Crippen LogP contribution in [0.4, 0.5) is 17.1 Å². The molecule has 0 saturated carbocycles. The first-order chi connectivity index (χ1) is 29.8. The van der Waals surface area contributed by atoms with Crippen LogP contribution in [0, 0.1) is 0 Å². The minimum atomic E-state index is 1.10. The number of hydrogen-bond donors (Lipinski definition) is 0. The third-order valence-corrected chi connectivity index (χ3v) is 12.3. The van der Waals surface area contributed by atoms with E-state index in [4.69, 9.17) is 0 Å². The van der Waals surface area contributed by atoms with Crippen molar-refractivity contribution in [3.63, 3.8) is 0 Å². The largest absolute Gasteiger partial charge is 0.310 e. The van der Waals surface area contributed by atoms with Gasteiger partial charge in [0.25, 0.3) is 0 Å². The molecule has 2 nitrogen and oxygen atoms in total. The minimum Gasteiger partial charge on any atom is -0.310 e. The van der Waals surface area contributed by atoms with Crippen LogP contribution in [0.25, 0.3) is 92.8 Å². The van der Waals surface area contributed by atoms with Gasteiger partial charge in [-0.1, -0.05) is 176 Å². The van der Waals surface area contributed by atoms with Crippen molar-refractivity contribution in [3.05, 3.63) is 231 Å². The molecule has 2 heteroatoms. The van der Waals surface area contributed by atoms with E-state index in [1.807, 2.05) is 0 Å². The van der Waals surface area contributed by atoms with Gasteiger partial charge in [-0.2, -0.15) is 0 Å². The maximum atomic E-state index is 2.46. The van der Waals surface area contributed by atoms with Gasteiger partial charge in [-0.05, 0) is 109 Å². The molecule has 0 bridgehead atoms. The maximum Gasteiger partial charge on any atom is 0.0625 e. The van der Waals surface area contributed by atoms with Crippen molar-refractivity contribution in [2.45, 2.75) is 0 Å². The summed E-state index contributed by atoms with van der Waals surface area (Å²) in [4.78, 5) is 2.42. The summed E-state index contributed by atoms with van der Waals surface area (Å²) < 4.78 is 2.46. The van der Waals surface area contributed by atoms with Crippen LogP contribution in [-0.2, 0) is 0 Å². The van der Waals surface area contributed by atoms with E-state index in [1.54, 1.807) is 0 Å². The predicted molar refractivity (Wildman–Crippen MR) is 256 cm³/mol. The molecule has 280 valence electrons. The van der Waals surface area contributed by atoms with E-state index in [0.29, 0.717) is 0 Å². The summed E-state index contributed by atoms with van der Waals surface area (Å²) in [6.07, 6.45) is 0. The second-order valence-electron chi connectivity index (χ2n) is 15.7. The minimum absolute atomic E-state index is 1.10. The predicted octanol–water partition coefficient (Wildman–Crippen LogP) is 16.2. The van der Waals surface area contributed by atoms with Crippen LogP contribution in [-0.4, -0.2) is 4.57 Å². The van der Waals surface area contributed by atoms with E-state index in [0.717, 1.165) is 22.7 Å². The molecule has 11 aromatic carbocycles. The number of anilines is 3. The molecule has 0 atom stereocenters. The SMILES string of the molecule is c1ccc(-c2ccc(N(c3ccc(-c4ccc5c(c4)c4c6ccccc6c6ccccc6c4n5-c4ccccc4)cc3)c3cc4ccccc4c4ccccc34)cc2)cc1. The van der Waals surface area contributed by atoms with Gasteiger partial charge in [-0.3, -0.25) is 0 Å². The average molecular weight is 763 g/mol. The molecule has 0 amide bonds. The standard InChI is InChI=1S/C58H38N2/c1-3-15-39(16-4-1)40-27-32-45(33-28-40)59(56-38-43-17-7-8-20-47(43)48-21-9-12-24-51(48)56)46-34-29-41(30-35-46)42-31-36-55-54(37-42)57-52-25-13-10-22-49(52)50-23-11-14-26-53(50)58(57)60(55)44-18-5-2-6-19-44/h1-38H. The zero-order valence-electron chi connectivity index (χ0n) is 32.8. The van der Waals surface area contributed by atoms with Crippen molar-refractivity contribution in [3.8, 4) is 27.9 Å². The molecular weight excluding hydrogens is 725 g/mol. The Morgan fingerprint density at radius 3 is 1.43 bits per heavy atom. The number of benzene rings is 11. The zero-order valence-corrected chi connectivity index (χ0v) is 32.8. The summed E-state index contributed by atoms with van der Waals surface area (Å²) in [5.74, 6) is 0. The molecular formula is C58H38N2. The van der Waals surface area contributed by atoms with Crippen LogP contribution in [0.3, 0.4) is 0 Å². The van der Waals surface area contributed by atoms with Crippen molar-refractivity contribution >= 4 is 82.0 Å². The monoisotopic (exact) mass is 762 g/mol. The highest BCUT2D eigenvalue weighted by atomic mass is 15.1. The quantitative estimate of drug-likeness (QED) is 0.153. The van der Waals surface area contributed by atoms with Gasteiger partial charge in [0.1, 0.15) is 0 Å². The van der Waals surface area contributed by atoms with Crippen LogP contribution in [0.2, 0.25) is 0 Å². The van der Waals surface area contributed by atoms with Gasteiger partial charge in [-0.15, -0.1) is 0 Å². The fourth-order valence-corrected chi connectivity index (χ4v) is 9.59. The molecule has 1 aromatic heterocycles. The van der Waals surface area contributed by atoms with Crippen LogP contribution >= 0.6 is 0 Å². The number of nitrogens with zero attached hydrogens (tertiary/aromatic N) is 2. The summed E-state index contributed by atoms with van der Waals surface area (Å²) in [7, 11) is 0. The molecule has 0 saturated heterocycles. The van der Waals surface area contributed by atoms with E-state index < -0.39 is 0 Å².